The minimum absolute atomic E-state index is 0.317. The predicted molar refractivity (Wildman–Crippen MR) is 112 cm³/mol. The Morgan fingerprint density at radius 3 is 2.59 bits per heavy atom. The maximum absolute atomic E-state index is 11.8. The lowest BCUT2D eigenvalue weighted by atomic mass is 10.2. The minimum atomic E-state index is -0.416. The number of carbonyl (C=O) groups is 1. The highest BCUT2D eigenvalue weighted by molar-refractivity contribution is 7.80. The molecule has 1 aromatic carbocycles. The summed E-state index contributed by atoms with van der Waals surface area (Å²) in [7, 11) is 0. The van der Waals surface area contributed by atoms with Crippen LogP contribution in [0.15, 0.2) is 42.6 Å². The summed E-state index contributed by atoms with van der Waals surface area (Å²) < 4.78 is 4.98. The topological polar surface area (TPSA) is 57.7 Å². The maximum Gasteiger partial charge on any atom is 0.339 e. The van der Waals surface area contributed by atoms with Crippen molar-refractivity contribution in [1.29, 1.82) is 0 Å². The average Bonchev–Trinajstić information content (AvgIpc) is 2.69. The lowest BCUT2D eigenvalue weighted by molar-refractivity contribution is 0.0526. The molecule has 0 atom stereocenters. The van der Waals surface area contributed by atoms with Crippen LogP contribution in [0.1, 0.15) is 17.3 Å². The predicted octanol–water partition coefficient (Wildman–Crippen LogP) is 3.43. The monoisotopic (exact) mass is 404 g/mol. The first kappa shape index (κ1) is 19.4. The first-order chi connectivity index (χ1) is 13.1. The van der Waals surface area contributed by atoms with Gasteiger partial charge < -0.3 is 19.9 Å². The molecule has 27 heavy (non-hydrogen) atoms. The van der Waals surface area contributed by atoms with E-state index in [2.05, 4.69) is 20.1 Å². The van der Waals surface area contributed by atoms with E-state index in [1.165, 1.54) is 6.20 Å². The van der Waals surface area contributed by atoms with Crippen LogP contribution in [0.25, 0.3) is 0 Å². The third-order valence-electron chi connectivity index (χ3n) is 4.22. The molecule has 8 heteroatoms. The van der Waals surface area contributed by atoms with Gasteiger partial charge >= 0.3 is 5.97 Å². The zero-order valence-corrected chi connectivity index (χ0v) is 16.6. The fourth-order valence-corrected chi connectivity index (χ4v) is 3.42. The van der Waals surface area contributed by atoms with Crippen molar-refractivity contribution in [3.05, 3.63) is 53.2 Å². The molecule has 2 aromatic rings. The third kappa shape index (κ3) is 4.87. The summed E-state index contributed by atoms with van der Waals surface area (Å²) in [6.45, 7) is 5.08. The second-order valence-corrected chi connectivity index (χ2v) is 6.81. The summed E-state index contributed by atoms with van der Waals surface area (Å²) in [4.78, 5) is 20.4. The first-order valence-corrected chi connectivity index (χ1v) is 9.55. The van der Waals surface area contributed by atoms with Crippen LogP contribution in [0, 0.1) is 0 Å². The third-order valence-corrected chi connectivity index (χ3v) is 4.86. The van der Waals surface area contributed by atoms with E-state index in [-0.39, 0.29) is 0 Å². The maximum atomic E-state index is 11.8. The highest BCUT2D eigenvalue weighted by Gasteiger charge is 2.22. The van der Waals surface area contributed by atoms with E-state index in [4.69, 9.17) is 28.6 Å². The Morgan fingerprint density at radius 1 is 1.26 bits per heavy atom. The van der Waals surface area contributed by atoms with Crippen molar-refractivity contribution in [2.75, 3.05) is 43.0 Å². The van der Waals surface area contributed by atoms with Crippen LogP contribution in [0.2, 0.25) is 5.02 Å². The van der Waals surface area contributed by atoms with Gasteiger partial charge in [0, 0.05) is 38.1 Å². The zero-order chi connectivity index (χ0) is 19.2. The number of halogens is 1. The number of rotatable bonds is 4. The molecule has 1 saturated heterocycles. The highest BCUT2D eigenvalue weighted by Crippen LogP contribution is 2.25. The summed E-state index contributed by atoms with van der Waals surface area (Å²) in [5.41, 5.74) is 1.33. The highest BCUT2D eigenvalue weighted by atomic mass is 35.5. The molecule has 0 spiro atoms. The molecule has 6 nitrogen and oxygen atoms in total. The van der Waals surface area contributed by atoms with Crippen LogP contribution in [-0.4, -0.2) is 53.8 Å². The molecule has 1 aromatic heterocycles. The SMILES string of the molecule is CCOC(=O)c1cnc(N2CCN(C(=S)Nc3ccccc3)CC2)c(Cl)c1. The van der Waals surface area contributed by atoms with Crippen molar-refractivity contribution in [1.82, 2.24) is 9.88 Å². The number of hydrogen-bond donors (Lipinski definition) is 1. The van der Waals surface area contributed by atoms with Crippen LogP contribution in [-0.2, 0) is 4.74 Å². The molecule has 0 aliphatic carbocycles. The molecule has 1 aliphatic heterocycles. The quantitative estimate of drug-likeness (QED) is 0.618. The van der Waals surface area contributed by atoms with Crippen molar-refractivity contribution in [3.8, 4) is 0 Å². The summed E-state index contributed by atoms with van der Waals surface area (Å²) in [6, 6.07) is 11.5. The molecule has 0 saturated carbocycles. The van der Waals surface area contributed by atoms with E-state index in [9.17, 15) is 4.79 Å². The van der Waals surface area contributed by atoms with Gasteiger partial charge in [0.05, 0.1) is 17.2 Å². The van der Waals surface area contributed by atoms with Gasteiger partial charge in [-0.2, -0.15) is 0 Å². The molecule has 0 amide bonds. The Bertz CT molecular complexity index is 811. The van der Waals surface area contributed by atoms with E-state index in [1.807, 2.05) is 30.3 Å². The van der Waals surface area contributed by atoms with Crippen LogP contribution in [0.5, 0.6) is 0 Å². The van der Waals surface area contributed by atoms with Gasteiger partial charge in [0.2, 0.25) is 0 Å². The summed E-state index contributed by atoms with van der Waals surface area (Å²) in [5.74, 6) is 0.256. The number of para-hydroxylation sites is 1. The van der Waals surface area contributed by atoms with Gasteiger partial charge in [-0.1, -0.05) is 29.8 Å². The van der Waals surface area contributed by atoms with E-state index in [0.29, 0.717) is 28.1 Å². The fourth-order valence-electron chi connectivity index (χ4n) is 2.83. The summed E-state index contributed by atoms with van der Waals surface area (Å²) in [6.07, 6.45) is 1.51. The van der Waals surface area contributed by atoms with Gasteiger partial charge in [-0.3, -0.25) is 0 Å². The fraction of sp³-hybridized carbons (Fsp3) is 0.316. The van der Waals surface area contributed by atoms with Gasteiger partial charge in [-0.05, 0) is 37.3 Å². The van der Waals surface area contributed by atoms with Crippen LogP contribution < -0.4 is 10.2 Å². The Hall–Kier alpha value is -2.38. The normalized spacial score (nSPS) is 14.0. The van der Waals surface area contributed by atoms with Crippen LogP contribution in [0.4, 0.5) is 11.5 Å². The Labute approximate surface area is 169 Å². The molecule has 3 rings (SSSR count). The van der Waals surface area contributed by atoms with Gasteiger partial charge in [-0.25, -0.2) is 9.78 Å². The van der Waals surface area contributed by atoms with E-state index < -0.39 is 5.97 Å². The first-order valence-electron chi connectivity index (χ1n) is 8.77. The molecule has 1 fully saturated rings. The van der Waals surface area contributed by atoms with Gasteiger partial charge in [0.1, 0.15) is 5.82 Å². The largest absolute Gasteiger partial charge is 0.462 e. The van der Waals surface area contributed by atoms with E-state index in [1.54, 1.807) is 13.0 Å². The number of nitrogens with zero attached hydrogens (tertiary/aromatic N) is 3. The average molecular weight is 405 g/mol. The number of pyridine rings is 1. The number of hydrogen-bond acceptors (Lipinski definition) is 5. The number of esters is 1. The van der Waals surface area contributed by atoms with Crippen molar-refractivity contribution in [2.45, 2.75) is 6.92 Å². The number of carbonyl (C=O) groups excluding carboxylic acids is 1. The number of nitrogens with one attached hydrogen (secondary N) is 1. The zero-order valence-electron chi connectivity index (χ0n) is 15.0. The molecule has 2 heterocycles. The number of anilines is 2. The smallest absolute Gasteiger partial charge is 0.339 e. The van der Waals surface area contributed by atoms with Crippen molar-refractivity contribution in [3.63, 3.8) is 0 Å². The summed E-state index contributed by atoms with van der Waals surface area (Å²) >= 11 is 11.9. The number of thiocarbonyl (C=S) groups is 1. The molecule has 1 aliphatic rings. The number of benzene rings is 1. The number of ether oxygens (including phenoxy) is 1. The lowest BCUT2D eigenvalue weighted by Gasteiger charge is -2.37. The van der Waals surface area contributed by atoms with Crippen molar-refractivity contribution in [2.24, 2.45) is 0 Å². The molecular formula is C19H21ClN4O2S. The summed E-state index contributed by atoms with van der Waals surface area (Å²) in [5, 5.41) is 4.40. The molecular weight excluding hydrogens is 384 g/mol. The van der Waals surface area contributed by atoms with Crippen LogP contribution >= 0.6 is 23.8 Å². The minimum Gasteiger partial charge on any atom is -0.462 e. The second kappa shape index (κ2) is 9.01. The molecule has 0 bridgehead atoms. The number of aromatic nitrogens is 1. The Morgan fingerprint density at radius 2 is 1.96 bits per heavy atom. The Balaban J connectivity index is 1.59. The van der Waals surface area contributed by atoms with E-state index in [0.717, 1.165) is 31.9 Å². The molecule has 0 unspecified atom stereocenters. The molecule has 1 N–H and O–H groups in total. The van der Waals surface area contributed by atoms with Crippen molar-refractivity contribution >= 4 is 46.4 Å². The van der Waals surface area contributed by atoms with Gasteiger partial charge in [0.25, 0.3) is 0 Å². The van der Waals surface area contributed by atoms with Crippen LogP contribution in [0.3, 0.4) is 0 Å². The molecule has 142 valence electrons. The number of piperazine rings is 1. The molecule has 0 radical (unpaired) electrons. The van der Waals surface area contributed by atoms with E-state index >= 15 is 0 Å². The second-order valence-electron chi connectivity index (χ2n) is 6.02. The standard InChI is InChI=1S/C19H21ClN4O2S/c1-2-26-18(25)14-12-16(20)17(21-13-14)23-8-10-24(11-9-23)19(27)22-15-6-4-3-5-7-15/h3-7,12-13H,2,8-11H2,1H3,(H,22,27). The van der Waals surface area contributed by atoms with Gasteiger partial charge in [0.15, 0.2) is 5.11 Å². The lowest BCUT2D eigenvalue weighted by Crippen LogP contribution is -2.50. The van der Waals surface area contributed by atoms with Gasteiger partial charge in [-0.15, -0.1) is 0 Å². The Kier molecular flexibility index (Phi) is 6.47. The van der Waals surface area contributed by atoms with Crippen molar-refractivity contribution < 1.29 is 9.53 Å².